The van der Waals surface area contributed by atoms with Crippen LogP contribution in [-0.4, -0.2) is 18.3 Å². The van der Waals surface area contributed by atoms with Gasteiger partial charge in [-0.25, -0.2) is 9.18 Å². The molecule has 0 amide bonds. The van der Waals surface area contributed by atoms with Crippen molar-refractivity contribution in [3.05, 3.63) is 41.2 Å². The first-order valence-corrected chi connectivity index (χ1v) is 4.99. The van der Waals surface area contributed by atoms with E-state index in [2.05, 4.69) is 5.32 Å². The normalized spacial score (nSPS) is 20.7. The van der Waals surface area contributed by atoms with Crippen LogP contribution in [-0.2, 0) is 9.59 Å². The number of benzene rings is 1. The minimum Gasteiger partial charge on any atom is -0.305 e. The molecule has 0 saturated carbocycles. The molecular formula is C12H10FNO2. The molecule has 0 bridgehead atoms. The highest BCUT2D eigenvalue weighted by Gasteiger charge is 2.27. The average molecular weight is 219 g/mol. The minimum atomic E-state index is -0.459. The number of rotatable bonds is 1. The van der Waals surface area contributed by atoms with Crippen molar-refractivity contribution in [2.45, 2.75) is 12.5 Å². The number of hydrogen-bond donors (Lipinski definition) is 1. The van der Waals surface area contributed by atoms with Gasteiger partial charge in [0.25, 0.3) is 0 Å². The Morgan fingerprint density at radius 2 is 2.00 bits per heavy atom. The second-order valence-corrected chi connectivity index (χ2v) is 3.63. The van der Waals surface area contributed by atoms with Crippen LogP contribution in [0.5, 0.6) is 0 Å². The Labute approximate surface area is 92.0 Å². The highest BCUT2D eigenvalue weighted by Crippen LogP contribution is 2.24. The molecule has 1 aromatic rings. The Hall–Kier alpha value is -1.77. The molecule has 1 unspecified atom stereocenters. The SMILES string of the molecule is O=C=C1C(=O)CCNC1c1ccc(F)cc1. The predicted octanol–water partition coefficient (Wildman–Crippen LogP) is 1.19. The quantitative estimate of drug-likeness (QED) is 0.570. The first-order chi connectivity index (χ1) is 7.72. The smallest absolute Gasteiger partial charge is 0.173 e. The number of nitrogens with one attached hydrogen (secondary N) is 1. The largest absolute Gasteiger partial charge is 0.305 e. The number of Topliss-reactive ketones (excluding diaryl/α,β-unsaturated/α-hetero) is 1. The maximum atomic E-state index is 12.7. The number of carbonyl (C=O) groups excluding carboxylic acids is 2. The first-order valence-electron chi connectivity index (χ1n) is 4.99. The van der Waals surface area contributed by atoms with Crippen molar-refractivity contribution in [1.82, 2.24) is 5.32 Å². The summed E-state index contributed by atoms with van der Waals surface area (Å²) in [6.07, 6.45) is 0.308. The summed E-state index contributed by atoms with van der Waals surface area (Å²) in [6.45, 7) is 0.520. The van der Waals surface area contributed by atoms with E-state index in [0.29, 0.717) is 18.5 Å². The van der Waals surface area contributed by atoms with Gasteiger partial charge in [-0.2, -0.15) is 0 Å². The van der Waals surface area contributed by atoms with Crippen LogP contribution in [0.4, 0.5) is 4.39 Å². The van der Waals surface area contributed by atoms with Crippen LogP contribution in [0.3, 0.4) is 0 Å². The molecule has 0 spiro atoms. The second kappa shape index (κ2) is 4.39. The molecule has 1 aliphatic heterocycles. The van der Waals surface area contributed by atoms with Crippen molar-refractivity contribution in [3.8, 4) is 0 Å². The number of halogens is 1. The highest BCUT2D eigenvalue weighted by molar-refractivity contribution is 6.04. The monoisotopic (exact) mass is 219 g/mol. The van der Waals surface area contributed by atoms with E-state index in [1.807, 2.05) is 0 Å². The van der Waals surface area contributed by atoms with Crippen LogP contribution in [0.2, 0.25) is 0 Å². The lowest BCUT2D eigenvalue weighted by Crippen LogP contribution is -2.34. The van der Waals surface area contributed by atoms with Gasteiger partial charge in [0.2, 0.25) is 0 Å². The average Bonchev–Trinajstić information content (AvgIpc) is 2.30. The Kier molecular flexibility index (Phi) is 2.95. The number of piperidine rings is 1. The molecule has 1 fully saturated rings. The van der Waals surface area contributed by atoms with Crippen LogP contribution < -0.4 is 5.32 Å². The fraction of sp³-hybridized carbons (Fsp3) is 0.250. The maximum Gasteiger partial charge on any atom is 0.173 e. The summed E-state index contributed by atoms with van der Waals surface area (Å²) < 4.78 is 12.7. The van der Waals surface area contributed by atoms with E-state index in [1.54, 1.807) is 18.1 Å². The third kappa shape index (κ3) is 1.94. The van der Waals surface area contributed by atoms with Gasteiger partial charge in [0.1, 0.15) is 17.3 Å². The van der Waals surface area contributed by atoms with E-state index in [-0.39, 0.29) is 17.2 Å². The Balaban J connectivity index is 2.35. The van der Waals surface area contributed by atoms with E-state index in [1.165, 1.54) is 12.1 Å². The van der Waals surface area contributed by atoms with Crippen LogP contribution in [0, 0.1) is 5.82 Å². The first kappa shape index (κ1) is 10.7. The molecule has 0 aromatic heterocycles. The molecule has 3 nitrogen and oxygen atoms in total. The summed E-state index contributed by atoms with van der Waals surface area (Å²) in [5.74, 6) is 1.14. The van der Waals surface area contributed by atoms with Crippen LogP contribution in [0.25, 0.3) is 0 Å². The van der Waals surface area contributed by atoms with Gasteiger partial charge in [-0.05, 0) is 17.7 Å². The molecule has 2 rings (SSSR count). The molecule has 4 heteroatoms. The predicted molar refractivity (Wildman–Crippen MR) is 56.0 cm³/mol. The number of carbonyl (C=O) groups is 1. The van der Waals surface area contributed by atoms with Gasteiger partial charge in [0.15, 0.2) is 5.78 Å². The van der Waals surface area contributed by atoms with Gasteiger partial charge < -0.3 is 5.32 Å². The van der Waals surface area contributed by atoms with E-state index < -0.39 is 6.04 Å². The summed E-state index contributed by atoms with van der Waals surface area (Å²) in [7, 11) is 0. The van der Waals surface area contributed by atoms with Gasteiger partial charge in [0.05, 0.1) is 6.04 Å². The lowest BCUT2D eigenvalue weighted by atomic mass is 9.92. The summed E-state index contributed by atoms with van der Waals surface area (Å²) >= 11 is 0. The zero-order chi connectivity index (χ0) is 11.5. The molecule has 0 radical (unpaired) electrons. The molecule has 0 aliphatic carbocycles. The van der Waals surface area contributed by atoms with E-state index in [4.69, 9.17) is 0 Å². The molecule has 1 atom stereocenters. The van der Waals surface area contributed by atoms with Crippen molar-refractivity contribution in [2.75, 3.05) is 6.54 Å². The van der Waals surface area contributed by atoms with Gasteiger partial charge in [-0.1, -0.05) is 12.1 Å². The number of hydrogen-bond acceptors (Lipinski definition) is 3. The molecule has 1 saturated heterocycles. The van der Waals surface area contributed by atoms with Gasteiger partial charge in [-0.3, -0.25) is 4.79 Å². The van der Waals surface area contributed by atoms with Crippen molar-refractivity contribution in [2.24, 2.45) is 0 Å². The Bertz CT molecular complexity index is 460. The third-order valence-corrected chi connectivity index (χ3v) is 2.60. The molecular weight excluding hydrogens is 209 g/mol. The van der Waals surface area contributed by atoms with Crippen LogP contribution >= 0.6 is 0 Å². The van der Waals surface area contributed by atoms with Gasteiger partial charge in [0, 0.05) is 13.0 Å². The minimum absolute atomic E-state index is 0.0952. The zero-order valence-corrected chi connectivity index (χ0v) is 8.50. The topological polar surface area (TPSA) is 46.2 Å². The summed E-state index contributed by atoms with van der Waals surface area (Å²) in [6, 6.07) is 5.27. The third-order valence-electron chi connectivity index (χ3n) is 2.60. The molecule has 1 aromatic carbocycles. The van der Waals surface area contributed by atoms with Crippen LogP contribution in [0.15, 0.2) is 29.8 Å². The second-order valence-electron chi connectivity index (χ2n) is 3.63. The van der Waals surface area contributed by atoms with Crippen molar-refractivity contribution in [3.63, 3.8) is 0 Å². The molecule has 1 heterocycles. The van der Waals surface area contributed by atoms with E-state index in [9.17, 15) is 14.0 Å². The standard InChI is InChI=1S/C12H10FNO2/c13-9-3-1-8(2-4-9)12-10(7-15)11(16)5-6-14-12/h1-4,12,14H,5-6H2. The molecule has 1 aliphatic rings. The molecule has 16 heavy (non-hydrogen) atoms. The molecule has 82 valence electrons. The number of ketones is 1. The lowest BCUT2D eigenvalue weighted by molar-refractivity contribution is -0.116. The fourth-order valence-corrected chi connectivity index (χ4v) is 1.78. The van der Waals surface area contributed by atoms with Crippen LogP contribution in [0.1, 0.15) is 18.0 Å². The Morgan fingerprint density at radius 3 is 2.62 bits per heavy atom. The zero-order valence-electron chi connectivity index (χ0n) is 8.50. The summed E-state index contributed by atoms with van der Waals surface area (Å²) in [5.41, 5.74) is 0.797. The molecule has 1 N–H and O–H groups in total. The highest BCUT2D eigenvalue weighted by atomic mass is 19.1. The Morgan fingerprint density at radius 1 is 1.31 bits per heavy atom. The summed E-state index contributed by atoms with van der Waals surface area (Å²) in [4.78, 5) is 22.2. The van der Waals surface area contributed by atoms with Crippen molar-refractivity contribution < 1.29 is 14.0 Å². The summed E-state index contributed by atoms with van der Waals surface area (Å²) in [5, 5.41) is 3.04. The maximum absolute atomic E-state index is 12.7. The van der Waals surface area contributed by atoms with Crippen molar-refractivity contribution in [1.29, 1.82) is 0 Å². The van der Waals surface area contributed by atoms with Gasteiger partial charge >= 0.3 is 0 Å². The van der Waals surface area contributed by atoms with E-state index >= 15 is 0 Å². The van der Waals surface area contributed by atoms with E-state index in [0.717, 1.165) is 0 Å². The van der Waals surface area contributed by atoms with Crippen molar-refractivity contribution >= 4 is 11.7 Å². The fourth-order valence-electron chi connectivity index (χ4n) is 1.78. The lowest BCUT2D eigenvalue weighted by Gasteiger charge is -2.23. The van der Waals surface area contributed by atoms with Gasteiger partial charge in [-0.15, -0.1) is 0 Å².